The third-order valence-corrected chi connectivity index (χ3v) is 3.92. The number of amides is 1. The molecule has 2 rings (SSSR count). The topological polar surface area (TPSA) is 65.2 Å². The first-order valence-electron chi connectivity index (χ1n) is 6.05. The van der Waals surface area contributed by atoms with Crippen LogP contribution in [0.3, 0.4) is 0 Å². The molecule has 1 aromatic carbocycles. The molecule has 4 nitrogen and oxygen atoms in total. The molecule has 0 fully saturated rings. The summed E-state index contributed by atoms with van der Waals surface area (Å²) in [5.41, 5.74) is 1.19. The molecule has 1 heterocycles. The quantitative estimate of drug-likeness (QED) is 0.900. The average Bonchev–Trinajstić information content (AvgIpc) is 2.80. The zero-order valence-electron chi connectivity index (χ0n) is 10.9. The van der Waals surface area contributed by atoms with Crippen LogP contribution in [0.15, 0.2) is 29.3 Å². The summed E-state index contributed by atoms with van der Waals surface area (Å²) in [6, 6.07) is 8.99. The van der Waals surface area contributed by atoms with Gasteiger partial charge in [-0.2, -0.15) is 5.26 Å². The van der Waals surface area contributed by atoms with Gasteiger partial charge < -0.3 is 5.32 Å². The maximum atomic E-state index is 12.3. The Morgan fingerprint density at radius 2 is 2.37 bits per heavy atom. The summed E-state index contributed by atoms with van der Waals surface area (Å²) in [5, 5.41) is 12.6. The van der Waals surface area contributed by atoms with Gasteiger partial charge in [-0.15, -0.1) is 11.8 Å². The smallest absolute Gasteiger partial charge is 0.234 e. The van der Waals surface area contributed by atoms with E-state index >= 15 is 0 Å². The third kappa shape index (κ3) is 2.96. The van der Waals surface area contributed by atoms with Gasteiger partial charge in [0.25, 0.3) is 0 Å². The number of rotatable bonds is 2. The number of hydrogen-bond acceptors (Lipinski definition) is 4. The Morgan fingerprint density at radius 1 is 1.58 bits per heavy atom. The van der Waals surface area contributed by atoms with Crippen molar-refractivity contribution in [3.05, 3.63) is 29.8 Å². The molecule has 1 aliphatic rings. The largest absolute Gasteiger partial charge is 0.325 e. The lowest BCUT2D eigenvalue weighted by Crippen LogP contribution is -2.30. The molecule has 1 amide bonds. The molecule has 0 bridgehead atoms. The molecule has 0 saturated carbocycles. The summed E-state index contributed by atoms with van der Waals surface area (Å²) in [4.78, 5) is 16.7. The summed E-state index contributed by atoms with van der Waals surface area (Å²) in [5.74, 6) is -0.00414. The van der Waals surface area contributed by atoms with E-state index in [0.717, 1.165) is 5.04 Å². The Morgan fingerprint density at radius 3 is 3.05 bits per heavy atom. The van der Waals surface area contributed by atoms with Crippen LogP contribution in [0.1, 0.15) is 12.5 Å². The number of nitrogens with one attached hydrogen (secondary N) is 1. The van der Waals surface area contributed by atoms with E-state index in [2.05, 4.69) is 16.4 Å². The number of nitrogens with zero attached hydrogens (tertiary/aromatic N) is 2. The second kappa shape index (κ2) is 5.89. The van der Waals surface area contributed by atoms with Gasteiger partial charge in [0.15, 0.2) is 0 Å². The van der Waals surface area contributed by atoms with E-state index in [1.807, 2.05) is 13.2 Å². The third-order valence-electron chi connectivity index (χ3n) is 3.12. The van der Waals surface area contributed by atoms with Crippen molar-refractivity contribution in [3.63, 3.8) is 0 Å². The minimum atomic E-state index is -0.180. The Balaban J connectivity index is 2.13. The second-order valence-electron chi connectivity index (χ2n) is 4.52. The fraction of sp³-hybridized carbons (Fsp3) is 0.357. The normalized spacial score (nSPS) is 21.6. The molecular weight excluding hydrogens is 258 g/mol. The predicted molar refractivity (Wildman–Crippen MR) is 78.3 cm³/mol. The molecule has 2 unspecified atom stereocenters. The predicted octanol–water partition coefficient (Wildman–Crippen LogP) is 2.52. The Labute approximate surface area is 116 Å². The molecule has 0 aromatic heterocycles. The van der Waals surface area contributed by atoms with Crippen LogP contribution in [0.25, 0.3) is 0 Å². The van der Waals surface area contributed by atoms with Crippen LogP contribution in [0.4, 0.5) is 5.69 Å². The summed E-state index contributed by atoms with van der Waals surface area (Å²) in [7, 11) is 0. The first-order valence-corrected chi connectivity index (χ1v) is 7.27. The number of aliphatic imine (C=N–C) groups is 1. The molecule has 1 N–H and O–H groups in total. The van der Waals surface area contributed by atoms with Crippen molar-refractivity contribution in [2.24, 2.45) is 16.8 Å². The van der Waals surface area contributed by atoms with Gasteiger partial charge in [0.2, 0.25) is 5.91 Å². The van der Waals surface area contributed by atoms with Gasteiger partial charge in [-0.3, -0.25) is 9.79 Å². The molecule has 0 spiro atoms. The number of anilines is 1. The first kappa shape index (κ1) is 13.6. The summed E-state index contributed by atoms with van der Waals surface area (Å²) in [6.07, 6.45) is 1.94. The number of carbonyl (C=O) groups is 1. The second-order valence-corrected chi connectivity index (χ2v) is 5.35. The highest BCUT2D eigenvalue weighted by Crippen LogP contribution is 2.27. The fourth-order valence-electron chi connectivity index (χ4n) is 2.13. The molecule has 19 heavy (non-hydrogen) atoms. The van der Waals surface area contributed by atoms with E-state index < -0.39 is 0 Å². The summed E-state index contributed by atoms with van der Waals surface area (Å²) in [6.45, 7) is 2.73. The van der Waals surface area contributed by atoms with Crippen molar-refractivity contribution >= 4 is 28.4 Å². The van der Waals surface area contributed by atoms with E-state index in [1.54, 1.807) is 24.3 Å². The molecule has 0 radical (unpaired) electrons. The number of hydrogen-bond donors (Lipinski definition) is 1. The highest BCUT2D eigenvalue weighted by atomic mass is 32.2. The molecule has 2 atom stereocenters. The number of carbonyl (C=O) groups excluding carboxylic acids is 1. The zero-order valence-corrected chi connectivity index (χ0v) is 11.7. The van der Waals surface area contributed by atoms with Crippen LogP contribution in [0.5, 0.6) is 0 Å². The van der Waals surface area contributed by atoms with E-state index in [0.29, 0.717) is 17.8 Å². The minimum Gasteiger partial charge on any atom is -0.325 e. The highest BCUT2D eigenvalue weighted by molar-refractivity contribution is 8.13. The number of thioether (sulfide) groups is 1. The Bertz CT molecular complexity index is 562. The molecule has 98 valence electrons. The van der Waals surface area contributed by atoms with Gasteiger partial charge >= 0.3 is 0 Å². The molecule has 1 aromatic rings. The van der Waals surface area contributed by atoms with Crippen LogP contribution >= 0.6 is 11.8 Å². The first-order chi connectivity index (χ1) is 9.15. The van der Waals surface area contributed by atoms with Crippen LogP contribution in [0.2, 0.25) is 0 Å². The number of nitriles is 1. The lowest BCUT2D eigenvalue weighted by Gasteiger charge is -2.16. The van der Waals surface area contributed by atoms with Crippen LogP contribution < -0.4 is 5.32 Å². The number of benzene rings is 1. The van der Waals surface area contributed by atoms with Crippen LogP contribution in [0, 0.1) is 23.2 Å². The lowest BCUT2D eigenvalue weighted by atomic mass is 9.97. The maximum Gasteiger partial charge on any atom is 0.234 e. The maximum absolute atomic E-state index is 12.3. The van der Waals surface area contributed by atoms with Crippen molar-refractivity contribution in [3.8, 4) is 6.07 Å². The SMILES string of the molecule is CSC1=NCC(C)C1C(=O)Nc1cccc(C#N)c1. The molecule has 5 heteroatoms. The van der Waals surface area contributed by atoms with E-state index in [4.69, 9.17) is 5.26 Å². The fourth-order valence-corrected chi connectivity index (χ4v) is 2.93. The molecule has 0 saturated heterocycles. The van der Waals surface area contributed by atoms with E-state index in [-0.39, 0.29) is 17.7 Å². The van der Waals surface area contributed by atoms with Gasteiger partial charge in [0.05, 0.1) is 22.6 Å². The van der Waals surface area contributed by atoms with Crippen molar-refractivity contribution in [1.29, 1.82) is 5.26 Å². The van der Waals surface area contributed by atoms with Gasteiger partial charge in [-0.1, -0.05) is 13.0 Å². The molecule has 0 aliphatic carbocycles. The summed E-state index contributed by atoms with van der Waals surface area (Å²) < 4.78 is 0. The van der Waals surface area contributed by atoms with Gasteiger partial charge in [0.1, 0.15) is 0 Å². The highest BCUT2D eigenvalue weighted by Gasteiger charge is 2.33. The summed E-state index contributed by atoms with van der Waals surface area (Å²) >= 11 is 1.53. The zero-order chi connectivity index (χ0) is 13.8. The minimum absolute atomic E-state index is 0.0480. The molecule has 1 aliphatic heterocycles. The van der Waals surface area contributed by atoms with Crippen molar-refractivity contribution in [1.82, 2.24) is 0 Å². The standard InChI is InChI=1S/C14H15N3OS/c1-9-8-16-14(19-2)12(9)13(18)17-11-5-3-4-10(6-11)7-15/h3-6,9,12H,8H2,1-2H3,(H,17,18). The van der Waals surface area contributed by atoms with Crippen molar-refractivity contribution < 1.29 is 4.79 Å². The average molecular weight is 273 g/mol. The van der Waals surface area contributed by atoms with Crippen LogP contribution in [-0.2, 0) is 4.79 Å². The Hall–Kier alpha value is -1.80. The molecular formula is C14H15N3OS. The Kier molecular flexibility index (Phi) is 4.23. The monoisotopic (exact) mass is 273 g/mol. The van der Waals surface area contributed by atoms with Gasteiger partial charge in [-0.05, 0) is 30.4 Å². The van der Waals surface area contributed by atoms with E-state index in [1.165, 1.54) is 11.8 Å². The van der Waals surface area contributed by atoms with Gasteiger partial charge in [-0.25, -0.2) is 0 Å². The van der Waals surface area contributed by atoms with Crippen molar-refractivity contribution in [2.45, 2.75) is 6.92 Å². The van der Waals surface area contributed by atoms with Crippen LogP contribution in [-0.4, -0.2) is 23.8 Å². The lowest BCUT2D eigenvalue weighted by molar-refractivity contribution is -0.118. The van der Waals surface area contributed by atoms with Crippen molar-refractivity contribution in [2.75, 3.05) is 18.1 Å². The van der Waals surface area contributed by atoms with E-state index in [9.17, 15) is 4.79 Å². The van der Waals surface area contributed by atoms with Gasteiger partial charge in [0, 0.05) is 12.2 Å².